The third-order valence-electron chi connectivity index (χ3n) is 2.06. The second-order valence-electron chi connectivity index (χ2n) is 3.33. The van der Waals surface area contributed by atoms with Crippen molar-refractivity contribution in [3.05, 3.63) is 18.5 Å². The summed E-state index contributed by atoms with van der Waals surface area (Å²) in [6, 6.07) is 2.00. The molecular formula is C11H19N3O2. The van der Waals surface area contributed by atoms with Gasteiger partial charge in [-0.15, -0.1) is 0 Å². The van der Waals surface area contributed by atoms with Gasteiger partial charge in [0, 0.05) is 20.2 Å². The second-order valence-corrected chi connectivity index (χ2v) is 3.33. The van der Waals surface area contributed by atoms with E-state index in [-0.39, 0.29) is 6.61 Å². The number of ether oxygens (including phenoxy) is 1. The predicted molar refractivity (Wildman–Crippen MR) is 64.8 cm³/mol. The van der Waals surface area contributed by atoms with Crippen molar-refractivity contribution in [2.45, 2.75) is 6.42 Å². The van der Waals surface area contributed by atoms with Crippen LogP contribution in [0.15, 0.2) is 18.5 Å². The number of nitrogens with one attached hydrogen (secondary N) is 2. The number of hydrogen-bond acceptors (Lipinski definition) is 5. The summed E-state index contributed by atoms with van der Waals surface area (Å²) in [5, 5.41) is 14.8. The fraction of sp³-hybridized carbons (Fsp3) is 0.545. The SMILES string of the molecule is CNc1cncc(NCCCOCCO)c1. The highest BCUT2D eigenvalue weighted by Crippen LogP contribution is 2.11. The van der Waals surface area contributed by atoms with Crippen LogP contribution in [0, 0.1) is 0 Å². The van der Waals surface area contributed by atoms with Crippen molar-refractivity contribution in [1.82, 2.24) is 4.98 Å². The second kappa shape index (κ2) is 7.90. The van der Waals surface area contributed by atoms with Crippen molar-refractivity contribution >= 4 is 11.4 Å². The van der Waals surface area contributed by atoms with Crippen molar-refractivity contribution in [3.63, 3.8) is 0 Å². The lowest BCUT2D eigenvalue weighted by molar-refractivity contribution is 0.0922. The summed E-state index contributed by atoms with van der Waals surface area (Å²) in [6.45, 7) is 1.99. The Kier molecular flexibility index (Phi) is 6.29. The molecular weight excluding hydrogens is 206 g/mol. The summed E-state index contributed by atoms with van der Waals surface area (Å²) in [5.41, 5.74) is 1.98. The highest BCUT2D eigenvalue weighted by molar-refractivity contribution is 5.53. The van der Waals surface area contributed by atoms with Crippen molar-refractivity contribution in [2.24, 2.45) is 0 Å². The molecule has 0 spiro atoms. The molecule has 0 aliphatic rings. The van der Waals surface area contributed by atoms with Gasteiger partial charge in [-0.1, -0.05) is 0 Å². The first-order valence-electron chi connectivity index (χ1n) is 5.42. The molecule has 0 saturated heterocycles. The van der Waals surface area contributed by atoms with Gasteiger partial charge in [-0.25, -0.2) is 0 Å². The molecule has 3 N–H and O–H groups in total. The van der Waals surface area contributed by atoms with Crippen LogP contribution in [0.3, 0.4) is 0 Å². The molecule has 0 radical (unpaired) electrons. The smallest absolute Gasteiger partial charge is 0.0697 e. The molecule has 0 atom stereocenters. The van der Waals surface area contributed by atoms with Crippen LogP contribution in [0.5, 0.6) is 0 Å². The maximum absolute atomic E-state index is 8.50. The molecule has 0 aliphatic heterocycles. The van der Waals surface area contributed by atoms with Crippen LogP contribution in [0.25, 0.3) is 0 Å². The highest BCUT2D eigenvalue weighted by atomic mass is 16.5. The summed E-state index contributed by atoms with van der Waals surface area (Å²) in [7, 11) is 1.86. The van der Waals surface area contributed by atoms with Gasteiger partial charge < -0.3 is 20.5 Å². The number of anilines is 2. The molecule has 0 saturated carbocycles. The molecule has 5 nitrogen and oxygen atoms in total. The van der Waals surface area contributed by atoms with Gasteiger partial charge in [-0.2, -0.15) is 0 Å². The minimum atomic E-state index is 0.0849. The van der Waals surface area contributed by atoms with Crippen LogP contribution >= 0.6 is 0 Å². The Bertz CT molecular complexity index is 294. The van der Waals surface area contributed by atoms with Gasteiger partial charge in [0.2, 0.25) is 0 Å². The van der Waals surface area contributed by atoms with Crippen molar-refractivity contribution in [1.29, 1.82) is 0 Å². The third-order valence-corrected chi connectivity index (χ3v) is 2.06. The molecule has 1 heterocycles. The predicted octanol–water partition coefficient (Wildman–Crippen LogP) is 0.934. The lowest BCUT2D eigenvalue weighted by atomic mass is 10.3. The average molecular weight is 225 g/mol. The van der Waals surface area contributed by atoms with Gasteiger partial charge >= 0.3 is 0 Å². The molecule has 0 aromatic carbocycles. The van der Waals surface area contributed by atoms with Crippen molar-refractivity contribution in [3.8, 4) is 0 Å². The van der Waals surface area contributed by atoms with Gasteiger partial charge in [-0.3, -0.25) is 4.98 Å². The minimum absolute atomic E-state index is 0.0849. The van der Waals surface area contributed by atoms with E-state index in [0.717, 1.165) is 24.3 Å². The van der Waals surface area contributed by atoms with E-state index in [9.17, 15) is 0 Å². The van der Waals surface area contributed by atoms with Crippen LogP contribution in [-0.2, 0) is 4.74 Å². The first-order valence-corrected chi connectivity index (χ1v) is 5.42. The van der Waals surface area contributed by atoms with Crippen LogP contribution < -0.4 is 10.6 Å². The highest BCUT2D eigenvalue weighted by Gasteiger charge is 1.94. The summed E-state index contributed by atoms with van der Waals surface area (Å²) in [6.07, 6.45) is 4.47. The summed E-state index contributed by atoms with van der Waals surface area (Å²) in [5.74, 6) is 0. The molecule has 1 aromatic heterocycles. The minimum Gasteiger partial charge on any atom is -0.394 e. The maximum Gasteiger partial charge on any atom is 0.0697 e. The molecule has 1 aromatic rings. The monoisotopic (exact) mass is 225 g/mol. The number of aromatic nitrogens is 1. The van der Waals surface area contributed by atoms with Gasteiger partial charge in [0.05, 0.1) is 37.0 Å². The van der Waals surface area contributed by atoms with Crippen LogP contribution in [0.1, 0.15) is 6.42 Å². The summed E-state index contributed by atoms with van der Waals surface area (Å²) < 4.78 is 5.15. The average Bonchev–Trinajstić information content (AvgIpc) is 2.34. The number of hydrogen-bond donors (Lipinski definition) is 3. The standard InChI is InChI=1S/C11H19N3O2/c1-12-10-7-11(9-13-8-10)14-3-2-5-16-6-4-15/h7-9,12,14-15H,2-6H2,1H3. The van der Waals surface area contributed by atoms with Crippen molar-refractivity contribution < 1.29 is 9.84 Å². The lowest BCUT2D eigenvalue weighted by Gasteiger charge is -2.07. The Morgan fingerprint density at radius 1 is 1.31 bits per heavy atom. The zero-order valence-corrected chi connectivity index (χ0v) is 9.57. The first kappa shape index (κ1) is 12.7. The Balaban J connectivity index is 2.16. The Morgan fingerprint density at radius 2 is 2.12 bits per heavy atom. The van der Waals surface area contributed by atoms with Gasteiger partial charge in [0.1, 0.15) is 0 Å². The van der Waals surface area contributed by atoms with Crippen LogP contribution in [-0.4, -0.2) is 43.5 Å². The molecule has 0 aliphatic carbocycles. The Labute approximate surface area is 95.8 Å². The van der Waals surface area contributed by atoms with E-state index in [2.05, 4.69) is 15.6 Å². The number of pyridine rings is 1. The van der Waals surface area contributed by atoms with Gasteiger partial charge in [-0.05, 0) is 12.5 Å². The fourth-order valence-electron chi connectivity index (χ4n) is 1.25. The van der Waals surface area contributed by atoms with Crippen molar-refractivity contribution in [2.75, 3.05) is 44.0 Å². The first-order chi connectivity index (χ1) is 7.86. The number of aliphatic hydroxyl groups is 1. The molecule has 5 heteroatoms. The van der Waals surface area contributed by atoms with E-state index in [1.165, 1.54) is 0 Å². The van der Waals surface area contributed by atoms with Crippen LogP contribution in [0.4, 0.5) is 11.4 Å². The third kappa shape index (κ3) is 4.95. The van der Waals surface area contributed by atoms with Gasteiger partial charge in [0.25, 0.3) is 0 Å². The van der Waals surface area contributed by atoms with E-state index >= 15 is 0 Å². The Morgan fingerprint density at radius 3 is 2.88 bits per heavy atom. The Hall–Kier alpha value is -1.33. The topological polar surface area (TPSA) is 66.4 Å². The summed E-state index contributed by atoms with van der Waals surface area (Å²) >= 11 is 0. The zero-order chi connectivity index (χ0) is 11.6. The van der Waals surface area contributed by atoms with E-state index in [1.807, 2.05) is 13.1 Å². The number of nitrogens with zero attached hydrogens (tertiary/aromatic N) is 1. The molecule has 1 rings (SSSR count). The van der Waals surface area contributed by atoms with E-state index < -0.39 is 0 Å². The molecule has 90 valence electrons. The van der Waals surface area contributed by atoms with Gasteiger partial charge in [0.15, 0.2) is 0 Å². The van der Waals surface area contributed by atoms with E-state index in [1.54, 1.807) is 12.4 Å². The molecule has 0 unspecified atom stereocenters. The maximum atomic E-state index is 8.50. The molecule has 0 fully saturated rings. The zero-order valence-electron chi connectivity index (χ0n) is 9.57. The number of aliphatic hydroxyl groups excluding tert-OH is 1. The fourth-order valence-corrected chi connectivity index (χ4v) is 1.25. The lowest BCUT2D eigenvalue weighted by Crippen LogP contribution is -2.07. The normalized spacial score (nSPS) is 10.1. The number of rotatable bonds is 8. The molecule has 0 amide bonds. The summed E-state index contributed by atoms with van der Waals surface area (Å²) in [4.78, 5) is 4.09. The van der Waals surface area contributed by atoms with E-state index in [0.29, 0.717) is 13.2 Å². The molecule has 16 heavy (non-hydrogen) atoms. The molecule has 0 bridgehead atoms. The largest absolute Gasteiger partial charge is 0.394 e. The van der Waals surface area contributed by atoms with Crippen LogP contribution in [0.2, 0.25) is 0 Å². The quantitative estimate of drug-likeness (QED) is 0.574. The van der Waals surface area contributed by atoms with E-state index in [4.69, 9.17) is 9.84 Å².